The quantitative estimate of drug-likeness (QED) is 0.644. The molecule has 0 saturated carbocycles. The zero-order valence-electron chi connectivity index (χ0n) is 10.4. The molecule has 1 saturated heterocycles. The van der Waals surface area contributed by atoms with Gasteiger partial charge in [0.1, 0.15) is 0 Å². The molecule has 1 rings (SSSR count). The molecule has 1 aliphatic rings. The summed E-state index contributed by atoms with van der Waals surface area (Å²) in [5.74, 6) is 0. The molecule has 15 heavy (non-hydrogen) atoms. The second kappa shape index (κ2) is 5.80. The highest BCUT2D eigenvalue weighted by molar-refractivity contribution is 4.93. The molecule has 1 heterocycles. The smallest absolute Gasteiger partial charge is 0.0472 e. The van der Waals surface area contributed by atoms with Gasteiger partial charge in [0, 0.05) is 26.2 Å². The van der Waals surface area contributed by atoms with Gasteiger partial charge in [0.05, 0.1) is 0 Å². The van der Waals surface area contributed by atoms with Crippen LogP contribution in [0.2, 0.25) is 0 Å². The minimum Gasteiger partial charge on any atom is -0.329 e. The molecule has 4 heteroatoms. The van der Waals surface area contributed by atoms with E-state index in [4.69, 9.17) is 5.73 Å². The van der Waals surface area contributed by atoms with Crippen LogP contribution >= 0.6 is 0 Å². The Morgan fingerprint density at radius 1 is 1.33 bits per heavy atom. The number of likely N-dealkylation sites (tertiary alicyclic amines) is 1. The van der Waals surface area contributed by atoms with Crippen LogP contribution in [0.3, 0.4) is 0 Å². The molecule has 0 unspecified atom stereocenters. The molecule has 0 aliphatic carbocycles. The van der Waals surface area contributed by atoms with Crippen LogP contribution < -0.4 is 11.2 Å². The molecule has 3 N–H and O–H groups in total. The largest absolute Gasteiger partial charge is 0.329 e. The van der Waals surface area contributed by atoms with Crippen molar-refractivity contribution in [3.8, 4) is 0 Å². The lowest BCUT2D eigenvalue weighted by Crippen LogP contribution is -2.61. The van der Waals surface area contributed by atoms with Crippen LogP contribution in [0.4, 0.5) is 0 Å². The van der Waals surface area contributed by atoms with Crippen LogP contribution in [0.25, 0.3) is 0 Å². The number of nitrogens with two attached hydrogens (primary N) is 1. The molecule has 90 valence electrons. The van der Waals surface area contributed by atoms with Gasteiger partial charge in [-0.3, -0.25) is 5.01 Å². The Morgan fingerprint density at radius 3 is 2.33 bits per heavy atom. The van der Waals surface area contributed by atoms with Gasteiger partial charge in [-0.1, -0.05) is 6.92 Å². The molecule has 4 nitrogen and oxygen atoms in total. The number of hydrogen-bond donors (Lipinski definition) is 2. The third-order valence-corrected chi connectivity index (χ3v) is 3.20. The number of rotatable bonds is 5. The maximum Gasteiger partial charge on any atom is 0.0472 e. The molecule has 1 aliphatic heterocycles. The molecule has 0 atom stereocenters. The maximum atomic E-state index is 5.90. The van der Waals surface area contributed by atoms with E-state index in [-0.39, 0.29) is 5.54 Å². The van der Waals surface area contributed by atoms with E-state index in [1.807, 2.05) is 19.1 Å². The van der Waals surface area contributed by atoms with Crippen LogP contribution in [0, 0.1) is 0 Å². The first-order valence-electron chi connectivity index (χ1n) is 5.99. The number of nitrogens with zero attached hydrogens (tertiary/aromatic N) is 2. The minimum absolute atomic E-state index is 0.133. The molecular weight excluding hydrogens is 188 g/mol. The topological polar surface area (TPSA) is 44.5 Å². The van der Waals surface area contributed by atoms with E-state index < -0.39 is 0 Å². The van der Waals surface area contributed by atoms with E-state index in [9.17, 15) is 0 Å². The second-order valence-corrected chi connectivity index (χ2v) is 4.83. The van der Waals surface area contributed by atoms with Crippen LogP contribution in [0.1, 0.15) is 26.2 Å². The average Bonchev–Trinajstić information content (AvgIpc) is 2.21. The normalized spacial score (nSPS) is 22.2. The van der Waals surface area contributed by atoms with Crippen molar-refractivity contribution >= 4 is 0 Å². The monoisotopic (exact) mass is 214 g/mol. The molecule has 1 fully saturated rings. The van der Waals surface area contributed by atoms with Crippen molar-refractivity contribution in [3.63, 3.8) is 0 Å². The van der Waals surface area contributed by atoms with Crippen LogP contribution in [-0.2, 0) is 0 Å². The first-order valence-corrected chi connectivity index (χ1v) is 5.99. The summed E-state index contributed by atoms with van der Waals surface area (Å²) in [5.41, 5.74) is 9.52. The van der Waals surface area contributed by atoms with E-state index in [0.717, 1.165) is 19.4 Å². The van der Waals surface area contributed by atoms with Crippen LogP contribution in [0.5, 0.6) is 0 Å². The number of hydrogen-bond acceptors (Lipinski definition) is 4. The van der Waals surface area contributed by atoms with Gasteiger partial charge in [0.25, 0.3) is 0 Å². The van der Waals surface area contributed by atoms with E-state index in [1.165, 1.54) is 26.1 Å². The average molecular weight is 214 g/mol. The van der Waals surface area contributed by atoms with Crippen molar-refractivity contribution in [1.29, 1.82) is 0 Å². The lowest BCUT2D eigenvalue weighted by atomic mass is 9.88. The summed E-state index contributed by atoms with van der Waals surface area (Å²) in [6.07, 6.45) is 3.56. The van der Waals surface area contributed by atoms with Gasteiger partial charge in [-0.2, -0.15) is 0 Å². The van der Waals surface area contributed by atoms with Crippen molar-refractivity contribution < 1.29 is 0 Å². The first-order chi connectivity index (χ1) is 7.12. The molecule has 0 bridgehead atoms. The number of hydrazine groups is 1. The highest BCUT2D eigenvalue weighted by Crippen LogP contribution is 2.21. The Bertz CT molecular complexity index is 173. The van der Waals surface area contributed by atoms with Crippen LogP contribution in [0.15, 0.2) is 0 Å². The molecule has 0 aromatic carbocycles. The number of piperidine rings is 1. The summed E-state index contributed by atoms with van der Waals surface area (Å²) in [5, 5.41) is 2.03. The molecule has 0 amide bonds. The predicted octanol–water partition coefficient (Wildman–Crippen LogP) is 0.256. The molecule has 0 aromatic heterocycles. The Labute approximate surface area is 93.8 Å². The summed E-state index contributed by atoms with van der Waals surface area (Å²) in [6, 6.07) is 0. The predicted molar refractivity (Wildman–Crippen MR) is 64.6 cm³/mol. The number of nitrogens with one attached hydrogen (secondary N) is 1. The van der Waals surface area contributed by atoms with Crippen LogP contribution in [-0.4, -0.2) is 55.7 Å². The second-order valence-electron chi connectivity index (χ2n) is 4.83. The van der Waals surface area contributed by atoms with E-state index in [0.29, 0.717) is 0 Å². The van der Waals surface area contributed by atoms with Crippen molar-refractivity contribution in [3.05, 3.63) is 0 Å². The highest BCUT2D eigenvalue weighted by atomic mass is 15.5. The Morgan fingerprint density at radius 2 is 1.93 bits per heavy atom. The Kier molecular flexibility index (Phi) is 4.99. The SMILES string of the molecule is CCCN1CCC(CN)(NN(C)C)CC1. The molecular formula is C11H26N4. The third kappa shape index (κ3) is 3.72. The van der Waals surface area contributed by atoms with Crippen molar-refractivity contribution in [1.82, 2.24) is 15.3 Å². The van der Waals surface area contributed by atoms with Gasteiger partial charge in [-0.15, -0.1) is 0 Å². The summed E-state index contributed by atoms with van der Waals surface area (Å²) in [4.78, 5) is 2.53. The van der Waals surface area contributed by atoms with Gasteiger partial charge in [0.15, 0.2) is 0 Å². The minimum atomic E-state index is 0.133. The molecule has 0 radical (unpaired) electrons. The molecule has 0 spiro atoms. The van der Waals surface area contributed by atoms with Crippen molar-refractivity contribution in [2.24, 2.45) is 5.73 Å². The fourth-order valence-electron chi connectivity index (χ4n) is 2.36. The van der Waals surface area contributed by atoms with Gasteiger partial charge >= 0.3 is 0 Å². The Balaban J connectivity index is 2.43. The van der Waals surface area contributed by atoms with E-state index in [2.05, 4.69) is 17.2 Å². The van der Waals surface area contributed by atoms with E-state index in [1.54, 1.807) is 0 Å². The van der Waals surface area contributed by atoms with Gasteiger partial charge < -0.3 is 10.6 Å². The van der Waals surface area contributed by atoms with Gasteiger partial charge in [-0.05, 0) is 38.9 Å². The third-order valence-electron chi connectivity index (χ3n) is 3.20. The van der Waals surface area contributed by atoms with Crippen molar-refractivity contribution in [2.75, 3.05) is 40.3 Å². The van der Waals surface area contributed by atoms with Gasteiger partial charge in [0.2, 0.25) is 0 Å². The first kappa shape index (κ1) is 12.9. The summed E-state index contributed by atoms with van der Waals surface area (Å²) < 4.78 is 0. The van der Waals surface area contributed by atoms with Crippen molar-refractivity contribution in [2.45, 2.75) is 31.7 Å². The standard InChI is InChI=1S/C11H26N4/c1-4-7-15-8-5-11(10-12,6-9-15)13-14(2)3/h13H,4-10,12H2,1-3H3. The highest BCUT2D eigenvalue weighted by Gasteiger charge is 2.33. The molecule has 0 aromatic rings. The Hall–Kier alpha value is -0.160. The van der Waals surface area contributed by atoms with E-state index >= 15 is 0 Å². The summed E-state index contributed by atoms with van der Waals surface area (Å²) >= 11 is 0. The zero-order valence-corrected chi connectivity index (χ0v) is 10.4. The summed E-state index contributed by atoms with van der Waals surface area (Å²) in [7, 11) is 4.08. The summed E-state index contributed by atoms with van der Waals surface area (Å²) in [6.45, 7) is 6.54. The lowest BCUT2D eigenvalue weighted by Gasteiger charge is -2.43. The maximum absolute atomic E-state index is 5.90. The fourth-order valence-corrected chi connectivity index (χ4v) is 2.36. The fraction of sp³-hybridized carbons (Fsp3) is 1.00. The lowest BCUT2D eigenvalue weighted by molar-refractivity contribution is 0.0806. The zero-order chi connectivity index (χ0) is 11.3. The van der Waals surface area contributed by atoms with Gasteiger partial charge in [-0.25, -0.2) is 5.43 Å².